The van der Waals surface area contributed by atoms with Crippen LogP contribution in [-0.2, 0) is 9.53 Å². The van der Waals surface area contributed by atoms with E-state index in [1.807, 2.05) is 0 Å². The van der Waals surface area contributed by atoms with Gasteiger partial charge in [-0.2, -0.15) is 0 Å². The summed E-state index contributed by atoms with van der Waals surface area (Å²) in [5.41, 5.74) is 0. The van der Waals surface area contributed by atoms with Crippen LogP contribution in [0.1, 0.15) is 32.1 Å². The van der Waals surface area contributed by atoms with Crippen LogP contribution in [0.5, 0.6) is 0 Å². The zero-order valence-corrected chi connectivity index (χ0v) is 10.00. The summed E-state index contributed by atoms with van der Waals surface area (Å²) in [5, 5.41) is 6.28. The summed E-state index contributed by atoms with van der Waals surface area (Å²) < 4.78 is 5.31. The van der Waals surface area contributed by atoms with Crippen molar-refractivity contribution in [3.8, 4) is 0 Å². The van der Waals surface area contributed by atoms with Gasteiger partial charge in [-0.15, -0.1) is 0 Å². The number of hydrogen-bond acceptors (Lipinski definition) is 3. The van der Waals surface area contributed by atoms with E-state index in [1.54, 1.807) is 7.11 Å². The van der Waals surface area contributed by atoms with Gasteiger partial charge in [0.05, 0.1) is 12.1 Å². The van der Waals surface area contributed by atoms with E-state index in [4.69, 9.17) is 4.74 Å². The molecule has 1 amide bonds. The molecule has 92 valence electrons. The first-order valence-electron chi connectivity index (χ1n) is 6.32. The number of carbonyl (C=O) groups excluding carboxylic acids is 1. The molecule has 2 aliphatic rings. The summed E-state index contributed by atoms with van der Waals surface area (Å²) in [6.45, 7) is 1.66. The van der Waals surface area contributed by atoms with Gasteiger partial charge in [-0.05, 0) is 12.3 Å². The summed E-state index contributed by atoms with van der Waals surface area (Å²) >= 11 is 0. The van der Waals surface area contributed by atoms with E-state index in [1.165, 1.54) is 19.3 Å². The molecule has 0 aromatic rings. The summed E-state index contributed by atoms with van der Waals surface area (Å²) in [5.74, 6) is 0.994. The van der Waals surface area contributed by atoms with Crippen molar-refractivity contribution in [2.75, 3.05) is 20.2 Å². The van der Waals surface area contributed by atoms with Crippen LogP contribution in [0, 0.1) is 5.92 Å². The van der Waals surface area contributed by atoms with Crippen molar-refractivity contribution in [2.24, 2.45) is 5.92 Å². The molecule has 2 unspecified atom stereocenters. The summed E-state index contributed by atoms with van der Waals surface area (Å²) in [6, 6.07) is 0.152. The predicted molar refractivity (Wildman–Crippen MR) is 62.2 cm³/mol. The molecular weight excluding hydrogens is 204 g/mol. The Hall–Kier alpha value is -0.610. The first kappa shape index (κ1) is 11.9. The Balaban J connectivity index is 1.65. The Morgan fingerprint density at radius 3 is 2.88 bits per heavy atom. The molecule has 0 aromatic heterocycles. The average molecular weight is 226 g/mol. The Bertz CT molecular complexity index is 241. The normalized spacial score (nSPS) is 30.1. The first-order chi connectivity index (χ1) is 7.79. The molecule has 1 heterocycles. The molecule has 1 saturated heterocycles. The number of rotatable bonds is 5. The fourth-order valence-electron chi connectivity index (χ4n) is 2.44. The molecule has 2 N–H and O–H groups in total. The van der Waals surface area contributed by atoms with Gasteiger partial charge in [-0.1, -0.05) is 19.3 Å². The molecule has 2 atom stereocenters. The predicted octanol–water partition coefficient (Wildman–Crippen LogP) is 0.670. The van der Waals surface area contributed by atoms with Crippen LogP contribution in [0.25, 0.3) is 0 Å². The highest BCUT2D eigenvalue weighted by atomic mass is 16.5. The van der Waals surface area contributed by atoms with Crippen LogP contribution in [0.2, 0.25) is 0 Å². The van der Waals surface area contributed by atoms with E-state index in [0.717, 1.165) is 25.4 Å². The van der Waals surface area contributed by atoms with E-state index >= 15 is 0 Å². The van der Waals surface area contributed by atoms with Crippen molar-refractivity contribution in [2.45, 2.75) is 44.2 Å². The lowest BCUT2D eigenvalue weighted by atomic mass is 9.82. The van der Waals surface area contributed by atoms with Gasteiger partial charge in [-0.25, -0.2) is 0 Å². The van der Waals surface area contributed by atoms with Gasteiger partial charge in [0.1, 0.15) is 0 Å². The van der Waals surface area contributed by atoms with Gasteiger partial charge < -0.3 is 15.4 Å². The molecule has 0 radical (unpaired) electrons. The van der Waals surface area contributed by atoms with Crippen LogP contribution in [-0.4, -0.2) is 38.3 Å². The minimum Gasteiger partial charge on any atom is -0.378 e. The topological polar surface area (TPSA) is 50.4 Å². The van der Waals surface area contributed by atoms with Crippen molar-refractivity contribution < 1.29 is 9.53 Å². The van der Waals surface area contributed by atoms with Crippen LogP contribution >= 0.6 is 0 Å². The molecule has 4 nitrogen and oxygen atoms in total. The average Bonchev–Trinajstić information content (AvgIpc) is 2.62. The Morgan fingerprint density at radius 2 is 2.25 bits per heavy atom. The van der Waals surface area contributed by atoms with Gasteiger partial charge in [0.2, 0.25) is 5.91 Å². The standard InChI is InChI=1S/C12H22N2O2/c1-16-11-8-13-7-10(11)14-12(15)6-5-9-3-2-4-9/h9-11,13H,2-8H2,1H3,(H,14,15). The summed E-state index contributed by atoms with van der Waals surface area (Å²) in [7, 11) is 1.70. The molecule has 1 aliphatic carbocycles. The third-order valence-corrected chi connectivity index (χ3v) is 3.81. The largest absolute Gasteiger partial charge is 0.378 e. The molecule has 2 rings (SSSR count). The Labute approximate surface area is 97.1 Å². The van der Waals surface area contributed by atoms with Gasteiger partial charge in [0.25, 0.3) is 0 Å². The zero-order valence-electron chi connectivity index (χ0n) is 10.00. The third kappa shape index (κ3) is 2.95. The van der Waals surface area contributed by atoms with E-state index in [0.29, 0.717) is 6.42 Å². The Morgan fingerprint density at radius 1 is 1.44 bits per heavy atom. The molecule has 0 aromatic carbocycles. The molecule has 0 spiro atoms. The number of amides is 1. The first-order valence-corrected chi connectivity index (χ1v) is 6.32. The summed E-state index contributed by atoms with van der Waals surface area (Å²) in [4.78, 5) is 11.7. The monoisotopic (exact) mass is 226 g/mol. The molecule has 2 fully saturated rings. The van der Waals surface area contributed by atoms with Gasteiger partial charge in [0, 0.05) is 26.6 Å². The quantitative estimate of drug-likeness (QED) is 0.724. The van der Waals surface area contributed by atoms with Crippen LogP contribution in [0.3, 0.4) is 0 Å². The van der Waals surface area contributed by atoms with Crippen molar-refractivity contribution in [1.29, 1.82) is 0 Å². The fraction of sp³-hybridized carbons (Fsp3) is 0.917. The second-order valence-electron chi connectivity index (χ2n) is 4.94. The molecule has 1 aliphatic heterocycles. The van der Waals surface area contributed by atoms with E-state index < -0.39 is 0 Å². The lowest BCUT2D eigenvalue weighted by Gasteiger charge is -2.25. The SMILES string of the molecule is COC1CNCC1NC(=O)CCC1CCC1. The number of carbonyl (C=O) groups is 1. The number of hydrogen-bond donors (Lipinski definition) is 2. The van der Waals surface area contributed by atoms with Crippen LogP contribution in [0.4, 0.5) is 0 Å². The molecule has 0 bridgehead atoms. The number of nitrogens with one attached hydrogen (secondary N) is 2. The van der Waals surface area contributed by atoms with Gasteiger partial charge in [0.15, 0.2) is 0 Å². The lowest BCUT2D eigenvalue weighted by Crippen LogP contribution is -2.43. The maximum Gasteiger partial charge on any atom is 0.220 e. The van der Waals surface area contributed by atoms with E-state index in [9.17, 15) is 4.79 Å². The number of ether oxygens (including phenoxy) is 1. The molecular formula is C12H22N2O2. The highest BCUT2D eigenvalue weighted by Gasteiger charge is 2.28. The molecule has 16 heavy (non-hydrogen) atoms. The highest BCUT2D eigenvalue weighted by Crippen LogP contribution is 2.30. The number of methoxy groups -OCH3 is 1. The van der Waals surface area contributed by atoms with Crippen LogP contribution < -0.4 is 10.6 Å². The smallest absolute Gasteiger partial charge is 0.220 e. The minimum absolute atomic E-state index is 0.132. The van der Waals surface area contributed by atoms with E-state index in [-0.39, 0.29) is 18.1 Å². The van der Waals surface area contributed by atoms with E-state index in [2.05, 4.69) is 10.6 Å². The lowest BCUT2D eigenvalue weighted by molar-refractivity contribution is -0.122. The van der Waals surface area contributed by atoms with Crippen molar-refractivity contribution in [3.05, 3.63) is 0 Å². The Kier molecular flexibility index (Phi) is 4.18. The fourth-order valence-corrected chi connectivity index (χ4v) is 2.44. The second-order valence-corrected chi connectivity index (χ2v) is 4.94. The maximum absolute atomic E-state index is 11.7. The van der Waals surface area contributed by atoms with Gasteiger partial charge in [-0.3, -0.25) is 4.79 Å². The molecule has 1 saturated carbocycles. The van der Waals surface area contributed by atoms with Crippen LogP contribution in [0.15, 0.2) is 0 Å². The maximum atomic E-state index is 11.7. The van der Waals surface area contributed by atoms with Crippen molar-refractivity contribution in [3.63, 3.8) is 0 Å². The van der Waals surface area contributed by atoms with Crippen molar-refractivity contribution >= 4 is 5.91 Å². The second kappa shape index (κ2) is 5.64. The third-order valence-electron chi connectivity index (χ3n) is 3.81. The van der Waals surface area contributed by atoms with Gasteiger partial charge >= 0.3 is 0 Å². The summed E-state index contributed by atoms with van der Waals surface area (Å²) in [6.07, 6.45) is 5.86. The highest BCUT2D eigenvalue weighted by molar-refractivity contribution is 5.76. The minimum atomic E-state index is 0.132. The van der Waals surface area contributed by atoms with Crippen molar-refractivity contribution in [1.82, 2.24) is 10.6 Å². The molecule has 4 heteroatoms. The zero-order chi connectivity index (χ0) is 11.4.